The lowest BCUT2D eigenvalue weighted by atomic mass is 9.77. The number of carbonyl (C=O) groups is 2. The van der Waals surface area contributed by atoms with Crippen molar-refractivity contribution in [2.75, 3.05) is 47.9 Å². The molecule has 0 radical (unpaired) electrons. The van der Waals surface area contributed by atoms with Gasteiger partial charge in [0.25, 0.3) is 0 Å². The van der Waals surface area contributed by atoms with Gasteiger partial charge in [0.2, 0.25) is 11.8 Å². The summed E-state index contributed by atoms with van der Waals surface area (Å²) in [5, 5.41) is 34.9. The van der Waals surface area contributed by atoms with E-state index in [4.69, 9.17) is 23.7 Å². The molecule has 0 saturated carbocycles. The first-order chi connectivity index (χ1) is 23.3. The molecule has 4 saturated heterocycles. The average Bonchev–Trinajstić information content (AvgIpc) is 3.04. The fourth-order valence-electron chi connectivity index (χ4n) is 8.99. The maximum atomic E-state index is 14.4. The molecule has 4 fully saturated rings. The van der Waals surface area contributed by atoms with Gasteiger partial charge in [0, 0.05) is 58.6 Å². The van der Waals surface area contributed by atoms with E-state index in [1.165, 1.54) is 0 Å². The van der Waals surface area contributed by atoms with E-state index >= 15 is 0 Å². The number of fused-ring (bicyclic) bond motifs is 2. The largest absolute Gasteiger partial charge is 0.387 e. The highest BCUT2D eigenvalue weighted by Crippen LogP contribution is 2.40. The zero-order chi connectivity index (χ0) is 37.3. The normalized spacial score (nSPS) is 46.1. The van der Waals surface area contributed by atoms with Crippen LogP contribution in [0.4, 0.5) is 0 Å². The molecule has 0 aromatic carbocycles. The van der Waals surface area contributed by atoms with Crippen molar-refractivity contribution in [3.63, 3.8) is 0 Å². The molecule has 0 unspecified atom stereocenters. The summed E-state index contributed by atoms with van der Waals surface area (Å²) in [6, 6.07) is -0.236. The van der Waals surface area contributed by atoms with Crippen LogP contribution in [-0.4, -0.2) is 156 Å². The second-order valence-corrected chi connectivity index (χ2v) is 16.8. The van der Waals surface area contributed by atoms with Crippen LogP contribution in [0.5, 0.6) is 0 Å². The van der Waals surface area contributed by atoms with Crippen molar-refractivity contribution in [1.29, 1.82) is 0 Å². The number of hydrogen-bond donors (Lipinski definition) is 3. The number of piperidine rings is 1. The van der Waals surface area contributed by atoms with Crippen LogP contribution in [0.25, 0.3) is 0 Å². The summed E-state index contributed by atoms with van der Waals surface area (Å²) < 4.78 is 31.7. The van der Waals surface area contributed by atoms with Gasteiger partial charge in [-0.05, 0) is 79.3 Å². The SMILES string of the molecule is CO[C@]1(C)C[C@H](O[C@H]2[C@H](C)[C@@H](O[C@@H]3O[C@H](C)C[C@H](N(C)C)[C@H]3O)[C@](C)(O)C[C@@H](C)CN(C)C(=O)C[C@@H]3CCCN(C3)C(=O)[C@@H]2C)O[C@@H](C)[C@@H]1O. The summed E-state index contributed by atoms with van der Waals surface area (Å²) in [4.78, 5) is 33.3. The van der Waals surface area contributed by atoms with Crippen LogP contribution < -0.4 is 0 Å². The van der Waals surface area contributed by atoms with Crippen LogP contribution in [-0.2, 0) is 33.3 Å². The molecule has 0 aliphatic carbocycles. The standard InChI is InChI=1S/C37H67N3O10/c1-21-17-36(6,45)33(50-35-30(42)27(38(8)9)15-22(2)47-35)23(3)31(49-29-18-37(7,46-11)32(43)25(5)48-29)24(4)34(44)40-14-12-13-26(20-40)16-28(41)39(10)19-21/h21-27,29-33,35,42-43,45H,12-20H2,1-11H3/t21-,22-,23+,24-,25+,26+,27+,29+,30-,31+,32+,33-,35+,36-,37-/m1/s1. The van der Waals surface area contributed by atoms with Crippen LogP contribution in [0.3, 0.4) is 0 Å². The maximum absolute atomic E-state index is 14.4. The van der Waals surface area contributed by atoms with Gasteiger partial charge in [-0.1, -0.05) is 20.8 Å². The van der Waals surface area contributed by atoms with Crippen molar-refractivity contribution in [3.05, 3.63) is 0 Å². The van der Waals surface area contributed by atoms with Gasteiger partial charge in [-0.25, -0.2) is 0 Å². The van der Waals surface area contributed by atoms with E-state index in [-0.39, 0.29) is 48.6 Å². The van der Waals surface area contributed by atoms with E-state index in [0.717, 1.165) is 12.8 Å². The molecule has 4 aliphatic rings. The number of nitrogens with zero attached hydrogens (tertiary/aromatic N) is 3. The number of amides is 2. The fourth-order valence-corrected chi connectivity index (χ4v) is 8.99. The molecule has 0 aromatic heterocycles. The monoisotopic (exact) mass is 713 g/mol. The van der Waals surface area contributed by atoms with Crippen molar-refractivity contribution in [2.45, 2.75) is 153 Å². The third-order valence-corrected chi connectivity index (χ3v) is 11.9. The van der Waals surface area contributed by atoms with Crippen LogP contribution >= 0.6 is 0 Å². The molecule has 0 aromatic rings. The summed E-state index contributed by atoms with van der Waals surface area (Å²) in [6.45, 7) is 14.5. The molecule has 290 valence electrons. The number of carbonyl (C=O) groups excluding carboxylic acids is 2. The highest BCUT2D eigenvalue weighted by Gasteiger charge is 2.51. The van der Waals surface area contributed by atoms with Gasteiger partial charge in [-0.2, -0.15) is 0 Å². The second kappa shape index (κ2) is 16.7. The molecular formula is C37H67N3O10. The Morgan fingerprint density at radius 3 is 2.30 bits per heavy atom. The van der Waals surface area contributed by atoms with E-state index in [1.54, 1.807) is 32.9 Å². The van der Waals surface area contributed by atoms with E-state index < -0.39 is 66.1 Å². The van der Waals surface area contributed by atoms with Gasteiger partial charge in [-0.15, -0.1) is 0 Å². The Balaban J connectivity index is 1.78. The van der Waals surface area contributed by atoms with Gasteiger partial charge in [-0.3, -0.25) is 9.59 Å². The van der Waals surface area contributed by atoms with Gasteiger partial charge >= 0.3 is 0 Å². The third-order valence-electron chi connectivity index (χ3n) is 11.9. The van der Waals surface area contributed by atoms with Gasteiger partial charge in [0.05, 0.1) is 41.5 Å². The smallest absolute Gasteiger partial charge is 0.228 e. The summed E-state index contributed by atoms with van der Waals surface area (Å²) in [7, 11) is 7.16. The number of likely N-dealkylation sites (N-methyl/N-ethyl adjacent to an activating group) is 1. The minimum atomic E-state index is -1.50. The third kappa shape index (κ3) is 9.38. The molecule has 0 spiro atoms. The van der Waals surface area contributed by atoms with Gasteiger partial charge in [0.1, 0.15) is 12.2 Å². The quantitative estimate of drug-likeness (QED) is 0.372. The molecule has 2 amide bonds. The fraction of sp³-hybridized carbons (Fsp3) is 0.946. The van der Waals surface area contributed by atoms with E-state index in [0.29, 0.717) is 32.5 Å². The first-order valence-electron chi connectivity index (χ1n) is 18.7. The molecule has 4 rings (SSSR count). The first-order valence-corrected chi connectivity index (χ1v) is 18.7. The summed E-state index contributed by atoms with van der Waals surface area (Å²) in [5.41, 5.74) is -2.45. The molecule has 15 atom stereocenters. The second-order valence-electron chi connectivity index (χ2n) is 16.8. The summed E-state index contributed by atoms with van der Waals surface area (Å²) in [5.74, 6) is -1.46. The molecule has 4 aliphatic heterocycles. The minimum absolute atomic E-state index is 0.0236. The lowest BCUT2D eigenvalue weighted by molar-refractivity contribution is -0.317. The number of aliphatic hydroxyl groups is 3. The van der Waals surface area contributed by atoms with Crippen molar-refractivity contribution in [3.8, 4) is 0 Å². The number of methoxy groups -OCH3 is 1. The number of aliphatic hydroxyl groups excluding tert-OH is 2. The van der Waals surface area contributed by atoms with Gasteiger partial charge < -0.3 is 53.7 Å². The minimum Gasteiger partial charge on any atom is -0.387 e. The Morgan fingerprint density at radius 1 is 0.980 bits per heavy atom. The number of ether oxygens (including phenoxy) is 5. The number of rotatable bonds is 6. The van der Waals surface area contributed by atoms with Crippen LogP contribution in [0.15, 0.2) is 0 Å². The Morgan fingerprint density at radius 2 is 1.66 bits per heavy atom. The molecule has 13 heteroatoms. The van der Waals surface area contributed by atoms with Crippen molar-refractivity contribution in [1.82, 2.24) is 14.7 Å². The maximum Gasteiger partial charge on any atom is 0.228 e. The topological polar surface area (TPSA) is 151 Å². The zero-order valence-corrected chi connectivity index (χ0v) is 32.4. The molecule has 50 heavy (non-hydrogen) atoms. The highest BCUT2D eigenvalue weighted by atomic mass is 16.7. The highest BCUT2D eigenvalue weighted by molar-refractivity contribution is 5.80. The van der Waals surface area contributed by atoms with Crippen LogP contribution in [0, 0.1) is 23.7 Å². The summed E-state index contributed by atoms with van der Waals surface area (Å²) >= 11 is 0. The van der Waals surface area contributed by atoms with Crippen LogP contribution in [0.1, 0.15) is 87.0 Å². The molecule has 13 nitrogen and oxygen atoms in total. The Labute approximate surface area is 299 Å². The van der Waals surface area contributed by atoms with Crippen LogP contribution in [0.2, 0.25) is 0 Å². The molecule has 3 N–H and O–H groups in total. The number of hydrogen-bond acceptors (Lipinski definition) is 11. The van der Waals surface area contributed by atoms with E-state index in [9.17, 15) is 24.9 Å². The van der Waals surface area contributed by atoms with Crippen molar-refractivity contribution >= 4 is 11.8 Å². The zero-order valence-electron chi connectivity index (χ0n) is 32.4. The lowest BCUT2D eigenvalue weighted by Crippen LogP contribution is -2.60. The van der Waals surface area contributed by atoms with Crippen molar-refractivity contribution < 1.29 is 48.6 Å². The molecule has 2 bridgehead atoms. The average molecular weight is 714 g/mol. The van der Waals surface area contributed by atoms with E-state index in [2.05, 4.69) is 0 Å². The predicted octanol–water partition coefficient (Wildman–Crippen LogP) is 2.23. The van der Waals surface area contributed by atoms with Crippen molar-refractivity contribution in [2.24, 2.45) is 23.7 Å². The Bertz CT molecular complexity index is 1140. The Kier molecular flexibility index (Phi) is 13.8. The summed E-state index contributed by atoms with van der Waals surface area (Å²) in [6.07, 6.45) is -3.28. The van der Waals surface area contributed by atoms with Gasteiger partial charge in [0.15, 0.2) is 12.6 Å². The van der Waals surface area contributed by atoms with E-state index in [1.807, 2.05) is 58.5 Å². The lowest BCUT2D eigenvalue weighted by Gasteiger charge is -2.49. The predicted molar refractivity (Wildman–Crippen MR) is 187 cm³/mol. The Hall–Kier alpha value is -1.42. The first kappa shape index (κ1) is 41.3. The molecule has 4 heterocycles. The molecular weight excluding hydrogens is 646 g/mol.